The van der Waals surface area contributed by atoms with Gasteiger partial charge in [-0.25, -0.2) is 8.42 Å². The minimum absolute atomic E-state index is 0.277. The molecule has 0 N–H and O–H groups in total. The lowest BCUT2D eigenvalue weighted by Crippen LogP contribution is -2.21. The summed E-state index contributed by atoms with van der Waals surface area (Å²) in [6, 6.07) is 2.70. The molecule has 0 atom stereocenters. The Morgan fingerprint density at radius 3 is 2.29 bits per heavy atom. The largest absolute Gasteiger partial charge is 0.417 e. The number of carbonyl (C=O) groups excluding carboxylic acids is 2. The third-order valence-corrected chi connectivity index (χ3v) is 4.79. The number of carbonyl (C=O) groups is 2. The number of nitriles is 1. The van der Waals surface area contributed by atoms with E-state index < -0.39 is 55.9 Å². The number of hydrogen-bond donors (Lipinski definition) is 0. The van der Waals surface area contributed by atoms with Crippen molar-refractivity contribution in [2.24, 2.45) is 5.92 Å². The van der Waals surface area contributed by atoms with Crippen LogP contribution >= 0.6 is 0 Å². The lowest BCUT2D eigenvalue weighted by molar-refractivity contribution is -0.138. The highest BCUT2D eigenvalue weighted by Gasteiger charge is 2.42. The quantitative estimate of drug-likeness (QED) is 0.594. The van der Waals surface area contributed by atoms with Crippen molar-refractivity contribution in [1.29, 1.82) is 5.26 Å². The van der Waals surface area contributed by atoms with Gasteiger partial charge in [-0.3, -0.25) is 9.59 Å². The van der Waals surface area contributed by atoms with Crippen molar-refractivity contribution >= 4 is 21.4 Å². The number of Topliss-reactive ketones (excluding diaryl/α,β-unsaturated/α-hetero) is 2. The number of ketones is 2. The van der Waals surface area contributed by atoms with Crippen molar-refractivity contribution in [2.75, 3.05) is 6.26 Å². The van der Waals surface area contributed by atoms with Gasteiger partial charge in [0.15, 0.2) is 15.6 Å². The van der Waals surface area contributed by atoms with Crippen molar-refractivity contribution in [3.05, 3.63) is 28.8 Å². The van der Waals surface area contributed by atoms with Crippen LogP contribution in [-0.4, -0.2) is 26.2 Å². The molecule has 1 aliphatic carbocycles. The summed E-state index contributed by atoms with van der Waals surface area (Å²) in [7, 11) is -4.23. The Labute approximate surface area is 136 Å². The number of sulfone groups is 1. The topological polar surface area (TPSA) is 92.1 Å². The van der Waals surface area contributed by atoms with Gasteiger partial charge in [0, 0.05) is 24.2 Å². The first-order valence-corrected chi connectivity index (χ1v) is 8.76. The van der Waals surface area contributed by atoms with E-state index in [0.717, 1.165) is 6.07 Å². The highest BCUT2D eigenvalue weighted by molar-refractivity contribution is 7.90. The average molecular weight is 359 g/mol. The predicted molar refractivity (Wildman–Crippen MR) is 75.9 cm³/mol. The number of benzene rings is 1. The fourth-order valence-electron chi connectivity index (χ4n) is 2.43. The Morgan fingerprint density at radius 2 is 1.88 bits per heavy atom. The molecular formula is C15H12F3NO4S. The molecule has 0 radical (unpaired) electrons. The maximum absolute atomic E-state index is 13.3. The van der Waals surface area contributed by atoms with Crippen LogP contribution in [0.5, 0.6) is 0 Å². The lowest BCUT2D eigenvalue weighted by atomic mass is 9.95. The van der Waals surface area contributed by atoms with Crippen LogP contribution in [0.15, 0.2) is 17.0 Å². The summed E-state index contributed by atoms with van der Waals surface area (Å²) in [5.74, 6) is -2.55. The molecule has 0 heterocycles. The summed E-state index contributed by atoms with van der Waals surface area (Å²) in [6.45, 7) is 0. The Bertz CT molecular complexity index is 862. The minimum atomic E-state index is -4.92. The molecule has 9 heteroatoms. The zero-order valence-corrected chi connectivity index (χ0v) is 13.3. The van der Waals surface area contributed by atoms with Gasteiger partial charge in [-0.2, -0.15) is 18.4 Å². The molecule has 2 rings (SSSR count). The van der Waals surface area contributed by atoms with E-state index >= 15 is 0 Å². The molecular weight excluding hydrogens is 347 g/mol. The van der Waals surface area contributed by atoms with Gasteiger partial charge in [0.2, 0.25) is 5.78 Å². The van der Waals surface area contributed by atoms with Gasteiger partial charge in [-0.05, 0) is 24.5 Å². The van der Waals surface area contributed by atoms with Gasteiger partial charge in [-0.1, -0.05) is 6.07 Å². The first-order valence-electron chi connectivity index (χ1n) is 6.87. The molecule has 1 aromatic carbocycles. The summed E-state index contributed by atoms with van der Waals surface area (Å²) < 4.78 is 63.9. The highest BCUT2D eigenvalue weighted by atomic mass is 32.2. The summed E-state index contributed by atoms with van der Waals surface area (Å²) in [5.41, 5.74) is -2.54. The van der Waals surface area contributed by atoms with E-state index in [1.807, 2.05) is 0 Å². The van der Waals surface area contributed by atoms with Crippen LogP contribution in [0.25, 0.3) is 0 Å². The second-order valence-electron chi connectivity index (χ2n) is 5.60. The molecule has 0 aromatic heterocycles. The van der Waals surface area contributed by atoms with E-state index in [9.17, 15) is 31.2 Å². The lowest BCUT2D eigenvalue weighted by Gasteiger charge is -2.18. The van der Waals surface area contributed by atoms with E-state index in [1.165, 1.54) is 6.07 Å². The van der Waals surface area contributed by atoms with Gasteiger partial charge in [-0.15, -0.1) is 0 Å². The van der Waals surface area contributed by atoms with Crippen LogP contribution in [0.1, 0.15) is 34.3 Å². The zero-order valence-electron chi connectivity index (χ0n) is 12.5. The van der Waals surface area contributed by atoms with Crippen molar-refractivity contribution in [3.63, 3.8) is 0 Å². The molecule has 0 aliphatic heterocycles. The zero-order chi connectivity index (χ0) is 18.3. The Kier molecular flexibility index (Phi) is 4.55. The fraction of sp³-hybridized carbons (Fsp3) is 0.400. The first kappa shape index (κ1) is 18.1. The van der Waals surface area contributed by atoms with Gasteiger partial charge in [0.25, 0.3) is 0 Å². The second kappa shape index (κ2) is 6.02. The number of alkyl halides is 3. The minimum Gasteiger partial charge on any atom is -0.294 e. The molecule has 0 unspecified atom stereocenters. The fourth-order valence-corrected chi connectivity index (χ4v) is 3.63. The molecule has 0 spiro atoms. The van der Waals surface area contributed by atoms with Crippen LogP contribution < -0.4 is 0 Å². The number of nitrogens with zero attached hydrogens (tertiary/aromatic N) is 1. The SMILES string of the molecule is CS(=O)(=O)c1c(CC(=O)C#N)ccc(C(F)(F)F)c1C(=O)C1CC1. The van der Waals surface area contributed by atoms with Crippen molar-refractivity contribution in [2.45, 2.75) is 30.3 Å². The summed E-state index contributed by atoms with van der Waals surface area (Å²) in [5, 5.41) is 8.55. The Morgan fingerprint density at radius 1 is 1.29 bits per heavy atom. The van der Waals surface area contributed by atoms with Gasteiger partial charge in [0.05, 0.1) is 10.5 Å². The van der Waals surface area contributed by atoms with E-state index in [4.69, 9.17) is 5.26 Å². The third-order valence-electron chi connectivity index (χ3n) is 3.59. The summed E-state index contributed by atoms with van der Waals surface area (Å²) in [4.78, 5) is 22.8. The highest BCUT2D eigenvalue weighted by Crippen LogP contribution is 2.41. The van der Waals surface area contributed by atoms with E-state index in [1.54, 1.807) is 0 Å². The second-order valence-corrected chi connectivity index (χ2v) is 7.55. The smallest absolute Gasteiger partial charge is 0.294 e. The monoisotopic (exact) mass is 359 g/mol. The summed E-state index contributed by atoms with van der Waals surface area (Å²) >= 11 is 0. The van der Waals surface area contributed by atoms with Gasteiger partial charge < -0.3 is 0 Å². The van der Waals surface area contributed by atoms with Crippen molar-refractivity contribution in [3.8, 4) is 6.07 Å². The molecule has 0 bridgehead atoms. The number of rotatable bonds is 5. The van der Waals surface area contributed by atoms with Crippen molar-refractivity contribution < 1.29 is 31.2 Å². The molecule has 24 heavy (non-hydrogen) atoms. The maximum Gasteiger partial charge on any atom is 0.417 e. The van der Waals surface area contributed by atoms with Crippen LogP contribution in [0.3, 0.4) is 0 Å². The molecule has 0 saturated heterocycles. The Balaban J connectivity index is 2.82. The molecule has 1 fully saturated rings. The summed E-state index contributed by atoms with van der Waals surface area (Å²) in [6.07, 6.45) is -4.15. The standard InChI is InChI=1S/C15H12F3NO4S/c1-24(22,23)14-9(6-10(20)7-19)4-5-11(15(16,17)18)12(14)13(21)8-2-3-8/h4-5,8H,2-3,6H2,1H3. The maximum atomic E-state index is 13.3. The van der Waals surface area contributed by atoms with Crippen LogP contribution in [-0.2, 0) is 27.2 Å². The first-order chi connectivity index (χ1) is 11.0. The number of halogens is 3. The van der Waals surface area contributed by atoms with E-state index in [2.05, 4.69) is 0 Å². The third kappa shape index (κ3) is 3.64. The molecule has 128 valence electrons. The van der Waals surface area contributed by atoms with E-state index in [-0.39, 0.29) is 5.56 Å². The van der Waals surface area contributed by atoms with Crippen LogP contribution in [0.2, 0.25) is 0 Å². The molecule has 1 saturated carbocycles. The Hall–Kier alpha value is -2.21. The van der Waals surface area contributed by atoms with E-state index in [0.29, 0.717) is 25.2 Å². The molecule has 0 amide bonds. The molecule has 1 aromatic rings. The predicted octanol–water partition coefficient (Wildman–Crippen LogP) is 2.34. The number of hydrogen-bond acceptors (Lipinski definition) is 5. The van der Waals surface area contributed by atoms with Crippen LogP contribution in [0.4, 0.5) is 13.2 Å². The molecule has 5 nitrogen and oxygen atoms in total. The van der Waals surface area contributed by atoms with Gasteiger partial charge in [0.1, 0.15) is 6.07 Å². The van der Waals surface area contributed by atoms with Crippen molar-refractivity contribution in [1.82, 2.24) is 0 Å². The van der Waals surface area contributed by atoms with Crippen LogP contribution in [0, 0.1) is 17.2 Å². The molecule has 1 aliphatic rings. The van der Waals surface area contributed by atoms with Gasteiger partial charge >= 0.3 is 6.18 Å². The normalized spacial score (nSPS) is 15.0. The average Bonchev–Trinajstić information content (AvgIpc) is 3.27.